The van der Waals surface area contributed by atoms with Crippen LogP contribution in [0.2, 0.25) is 0 Å². The number of benzene rings is 3. The molecule has 0 amide bonds. The molecule has 3 saturated carbocycles. The van der Waals surface area contributed by atoms with Gasteiger partial charge >= 0.3 is 17.9 Å². The van der Waals surface area contributed by atoms with E-state index in [2.05, 4.69) is 46.8 Å². The van der Waals surface area contributed by atoms with Crippen molar-refractivity contribution >= 4 is 17.9 Å². The quantitative estimate of drug-likeness (QED) is 0.144. The van der Waals surface area contributed by atoms with Gasteiger partial charge in [-0.05, 0) is 110 Å². The highest BCUT2D eigenvalue weighted by Crippen LogP contribution is 2.66. The Labute approximate surface area is 321 Å². The molecule has 54 heavy (non-hydrogen) atoms. The molecule has 3 fully saturated rings. The summed E-state index contributed by atoms with van der Waals surface area (Å²) in [5.74, 6) is 1.07. The zero-order chi connectivity index (χ0) is 38.0. The van der Waals surface area contributed by atoms with Crippen LogP contribution < -0.4 is 0 Å². The molecule has 0 spiro atoms. The van der Waals surface area contributed by atoms with E-state index in [1.807, 2.05) is 66.7 Å². The van der Waals surface area contributed by atoms with Crippen molar-refractivity contribution in [2.45, 2.75) is 104 Å². The Morgan fingerprint density at radius 1 is 0.685 bits per heavy atom. The lowest BCUT2D eigenvalue weighted by atomic mass is 9.49. The second-order valence-corrected chi connectivity index (χ2v) is 17.2. The molecule has 4 aliphatic rings. The Hall–Kier alpha value is -4.45. The minimum atomic E-state index is -0.445. The number of ether oxygens (including phenoxy) is 3. The molecule has 1 unspecified atom stereocenters. The van der Waals surface area contributed by atoms with E-state index in [9.17, 15) is 14.4 Å². The third-order valence-electron chi connectivity index (χ3n) is 13.8. The van der Waals surface area contributed by atoms with Crippen molar-refractivity contribution in [2.75, 3.05) is 0 Å². The average Bonchev–Trinajstić information content (AvgIpc) is 3.55. The van der Waals surface area contributed by atoms with Crippen molar-refractivity contribution < 1.29 is 28.6 Å². The van der Waals surface area contributed by atoms with Gasteiger partial charge in [-0.2, -0.15) is 0 Å². The summed E-state index contributed by atoms with van der Waals surface area (Å²) < 4.78 is 18.7. The summed E-state index contributed by atoms with van der Waals surface area (Å²) in [5, 5.41) is 0. The van der Waals surface area contributed by atoms with E-state index in [-0.39, 0.29) is 41.3 Å². The maximum Gasteiger partial charge on any atom is 0.338 e. The van der Waals surface area contributed by atoms with Crippen LogP contribution in [0.5, 0.6) is 0 Å². The van der Waals surface area contributed by atoms with Gasteiger partial charge in [-0.15, -0.1) is 0 Å². The molecule has 0 aromatic heterocycles. The number of rotatable bonds is 11. The number of hydrogen-bond donors (Lipinski definition) is 0. The Balaban J connectivity index is 1.09. The van der Waals surface area contributed by atoms with E-state index in [1.165, 1.54) is 17.6 Å². The molecular weight excluding hydrogens is 673 g/mol. The normalized spacial score (nSPS) is 29.7. The van der Waals surface area contributed by atoms with Gasteiger partial charge in [-0.3, -0.25) is 0 Å². The number of allylic oxidation sites excluding steroid dienone is 3. The lowest BCUT2D eigenvalue weighted by Crippen LogP contribution is -2.54. The SMILES string of the molecule is CC(C)C(CC[C@@H](C)[C@H]1CC[C@H]2C3=CC=C4C[C@@H](OC(=O)c5ccccc5)C[C@H](OC(=O)c5ccccc5)[C@]4(C)[C@H]3CC[C@]12C)OC(=O)c1ccccc1. The molecule has 0 aliphatic heterocycles. The molecule has 0 saturated heterocycles. The predicted octanol–water partition coefficient (Wildman–Crippen LogP) is 10.8. The lowest BCUT2D eigenvalue weighted by Gasteiger charge is -2.57. The largest absolute Gasteiger partial charge is 0.459 e. The predicted molar refractivity (Wildman–Crippen MR) is 211 cm³/mol. The van der Waals surface area contributed by atoms with Crippen LogP contribution in [0.25, 0.3) is 0 Å². The van der Waals surface area contributed by atoms with Crippen molar-refractivity contribution in [3.8, 4) is 0 Å². The number of esters is 3. The molecule has 4 aliphatic carbocycles. The minimum Gasteiger partial charge on any atom is -0.459 e. The summed E-state index contributed by atoms with van der Waals surface area (Å²) in [5.41, 5.74) is 4.12. The summed E-state index contributed by atoms with van der Waals surface area (Å²) >= 11 is 0. The van der Waals surface area contributed by atoms with Gasteiger partial charge in [0.15, 0.2) is 0 Å². The van der Waals surface area contributed by atoms with Crippen molar-refractivity contribution in [2.24, 2.45) is 40.4 Å². The van der Waals surface area contributed by atoms with Crippen LogP contribution in [0.1, 0.15) is 117 Å². The summed E-state index contributed by atoms with van der Waals surface area (Å²) in [6, 6.07) is 27.6. The first-order chi connectivity index (χ1) is 26.0. The fraction of sp³-hybridized carbons (Fsp3) is 0.479. The number of fused-ring (bicyclic) bond motifs is 5. The second-order valence-electron chi connectivity index (χ2n) is 17.2. The fourth-order valence-corrected chi connectivity index (χ4v) is 10.7. The van der Waals surface area contributed by atoms with Gasteiger partial charge in [0, 0.05) is 18.3 Å². The maximum absolute atomic E-state index is 13.7. The van der Waals surface area contributed by atoms with E-state index in [4.69, 9.17) is 14.2 Å². The topological polar surface area (TPSA) is 78.9 Å². The first-order valence-electron chi connectivity index (χ1n) is 20.2. The van der Waals surface area contributed by atoms with E-state index in [0.717, 1.165) is 32.1 Å². The fourth-order valence-electron chi connectivity index (χ4n) is 10.7. The first kappa shape index (κ1) is 37.8. The summed E-state index contributed by atoms with van der Waals surface area (Å²) in [6.45, 7) is 11.5. The Kier molecular flexibility index (Phi) is 11.0. The average molecular weight is 729 g/mol. The Bertz CT molecular complexity index is 1860. The molecule has 3 aromatic carbocycles. The van der Waals surface area contributed by atoms with Crippen molar-refractivity contribution in [3.63, 3.8) is 0 Å². The van der Waals surface area contributed by atoms with E-state index in [0.29, 0.717) is 47.3 Å². The highest BCUT2D eigenvalue weighted by Gasteiger charge is 2.60. The van der Waals surface area contributed by atoms with Gasteiger partial charge in [0.25, 0.3) is 0 Å². The van der Waals surface area contributed by atoms with Crippen LogP contribution in [0.3, 0.4) is 0 Å². The smallest absolute Gasteiger partial charge is 0.338 e. The van der Waals surface area contributed by atoms with Crippen LogP contribution in [0, 0.1) is 40.4 Å². The minimum absolute atomic E-state index is 0.122. The molecule has 3 aromatic rings. The van der Waals surface area contributed by atoms with E-state index >= 15 is 0 Å². The second kappa shape index (κ2) is 15.7. The molecule has 9 atom stereocenters. The van der Waals surface area contributed by atoms with Gasteiger partial charge in [-0.1, -0.05) is 113 Å². The van der Waals surface area contributed by atoms with Gasteiger partial charge in [-0.25, -0.2) is 14.4 Å². The standard InChI is InChI=1S/C48H56O6/c1-31(2)42(53-45(50)34-17-11-7-12-18-34)26-21-32(3)39-24-25-40-38-23-22-36-29-37(52-44(49)33-15-9-6-10-16-33)30-43(54-46(51)35-19-13-8-14-20-35)48(36,5)41(38)27-28-47(39,40)4/h6-20,22-23,31-32,37,39-43H,21,24-30H2,1-5H3/t32-,37-,39-,40+,41+,42?,43+,47-,48+/m1/s1. The van der Waals surface area contributed by atoms with Crippen LogP contribution in [-0.4, -0.2) is 36.2 Å². The summed E-state index contributed by atoms with van der Waals surface area (Å²) in [4.78, 5) is 39.9. The third-order valence-corrected chi connectivity index (χ3v) is 13.8. The zero-order valence-electron chi connectivity index (χ0n) is 32.5. The molecule has 0 radical (unpaired) electrons. The van der Waals surface area contributed by atoms with Crippen molar-refractivity contribution in [1.82, 2.24) is 0 Å². The van der Waals surface area contributed by atoms with Gasteiger partial charge in [0.1, 0.15) is 18.3 Å². The molecule has 0 heterocycles. The lowest BCUT2D eigenvalue weighted by molar-refractivity contribution is -0.0732. The molecule has 7 rings (SSSR count). The summed E-state index contributed by atoms with van der Waals surface area (Å²) in [7, 11) is 0. The Morgan fingerprint density at radius 3 is 1.85 bits per heavy atom. The van der Waals surface area contributed by atoms with Crippen molar-refractivity contribution in [1.29, 1.82) is 0 Å². The molecular formula is C48H56O6. The van der Waals surface area contributed by atoms with Crippen LogP contribution in [-0.2, 0) is 14.2 Å². The highest BCUT2D eigenvalue weighted by atomic mass is 16.6. The number of carbonyl (C=O) groups is 3. The van der Waals surface area contributed by atoms with Gasteiger partial charge in [0.2, 0.25) is 0 Å². The van der Waals surface area contributed by atoms with Crippen LogP contribution in [0.4, 0.5) is 0 Å². The maximum atomic E-state index is 13.7. The first-order valence-corrected chi connectivity index (χ1v) is 20.2. The third kappa shape index (κ3) is 7.33. The number of carbonyl (C=O) groups excluding carboxylic acids is 3. The van der Waals surface area contributed by atoms with Crippen LogP contribution >= 0.6 is 0 Å². The monoisotopic (exact) mass is 728 g/mol. The molecule has 0 N–H and O–H groups in total. The van der Waals surface area contributed by atoms with Gasteiger partial charge < -0.3 is 14.2 Å². The molecule has 284 valence electrons. The van der Waals surface area contributed by atoms with E-state index in [1.54, 1.807) is 24.3 Å². The van der Waals surface area contributed by atoms with E-state index < -0.39 is 17.6 Å². The highest BCUT2D eigenvalue weighted by molar-refractivity contribution is 5.90. The van der Waals surface area contributed by atoms with Gasteiger partial charge in [0.05, 0.1) is 16.7 Å². The number of hydrogen-bond acceptors (Lipinski definition) is 6. The molecule has 6 heteroatoms. The van der Waals surface area contributed by atoms with Crippen LogP contribution in [0.15, 0.2) is 114 Å². The molecule has 6 nitrogen and oxygen atoms in total. The molecule has 0 bridgehead atoms. The zero-order valence-corrected chi connectivity index (χ0v) is 32.5. The summed E-state index contributed by atoms with van der Waals surface area (Å²) in [6.07, 6.45) is 11.1. The Morgan fingerprint density at radius 2 is 1.26 bits per heavy atom. The van der Waals surface area contributed by atoms with Crippen molar-refractivity contribution in [3.05, 3.63) is 131 Å².